The molecule has 12 heavy (non-hydrogen) atoms. The first-order valence-electron chi connectivity index (χ1n) is 4.52. The van der Waals surface area contributed by atoms with E-state index in [2.05, 4.69) is 20.8 Å². The van der Waals surface area contributed by atoms with Crippen molar-refractivity contribution in [2.75, 3.05) is 0 Å². The number of carbonyl (C=O) groups is 1. The Balaban J connectivity index is 0. The molecule has 2 aliphatic carbocycles. The van der Waals surface area contributed by atoms with Crippen LogP contribution in [0.25, 0.3) is 0 Å². The molecule has 0 N–H and O–H groups in total. The van der Waals surface area contributed by atoms with Crippen LogP contribution in [-0.2, 0) is 4.79 Å². The normalized spacial score (nSPS) is 42.9. The maximum absolute atomic E-state index is 11.6. The molecule has 0 saturated heterocycles. The fourth-order valence-corrected chi connectivity index (χ4v) is 2.90. The molecular formula is C10H18CaO. The Bertz CT molecular complexity index is 230. The third-order valence-corrected chi connectivity index (χ3v) is 4.48. The van der Waals surface area contributed by atoms with E-state index in [-0.39, 0.29) is 51.4 Å². The second kappa shape index (κ2) is 2.96. The molecule has 2 bridgehead atoms. The van der Waals surface area contributed by atoms with E-state index in [1.54, 1.807) is 0 Å². The number of hydrogen-bond donors (Lipinski definition) is 0. The molecule has 0 aromatic heterocycles. The van der Waals surface area contributed by atoms with Crippen molar-refractivity contribution < 1.29 is 7.65 Å². The monoisotopic (exact) mass is 194 g/mol. The van der Waals surface area contributed by atoms with Crippen molar-refractivity contribution in [3.63, 3.8) is 0 Å². The van der Waals surface area contributed by atoms with Gasteiger partial charge >= 0.3 is 37.7 Å². The van der Waals surface area contributed by atoms with Gasteiger partial charge in [-0.15, -0.1) is 0 Å². The summed E-state index contributed by atoms with van der Waals surface area (Å²) < 4.78 is 0. The van der Waals surface area contributed by atoms with Crippen molar-refractivity contribution in [3.05, 3.63) is 0 Å². The number of hydrogen-bond acceptors (Lipinski definition) is 1. The number of Topliss-reactive ketones (excluding diaryl/α,β-unsaturated/α-hetero) is 1. The predicted octanol–water partition coefficient (Wildman–Crippen LogP) is 2.25. The van der Waals surface area contributed by atoms with Crippen LogP contribution in [0.2, 0.25) is 0 Å². The number of fused-ring (bicyclic) bond motifs is 2. The van der Waals surface area contributed by atoms with Gasteiger partial charge in [-0.1, -0.05) is 20.8 Å². The van der Waals surface area contributed by atoms with E-state index in [0.29, 0.717) is 11.7 Å². The van der Waals surface area contributed by atoms with Gasteiger partial charge in [-0.05, 0) is 24.2 Å². The van der Waals surface area contributed by atoms with Crippen molar-refractivity contribution in [2.24, 2.45) is 16.7 Å². The van der Waals surface area contributed by atoms with E-state index in [1.165, 1.54) is 6.42 Å². The van der Waals surface area contributed by atoms with Gasteiger partial charge in [0.1, 0.15) is 5.78 Å². The van der Waals surface area contributed by atoms with Crippen LogP contribution >= 0.6 is 0 Å². The third-order valence-electron chi connectivity index (χ3n) is 4.48. The maximum Gasteiger partial charge on any atom is 2.00 e. The van der Waals surface area contributed by atoms with Crippen LogP contribution in [0.3, 0.4) is 0 Å². The van der Waals surface area contributed by atoms with Gasteiger partial charge in [0, 0.05) is 11.8 Å². The van der Waals surface area contributed by atoms with Gasteiger partial charge in [0.15, 0.2) is 0 Å². The van der Waals surface area contributed by atoms with E-state index in [1.807, 2.05) is 0 Å². The first kappa shape index (κ1) is 11.0. The van der Waals surface area contributed by atoms with Crippen molar-refractivity contribution >= 4 is 43.5 Å². The molecule has 2 saturated carbocycles. The molecule has 0 spiro atoms. The van der Waals surface area contributed by atoms with Crippen molar-refractivity contribution in [3.8, 4) is 0 Å². The smallest absolute Gasteiger partial charge is 1.00 e. The SMILES string of the molecule is CC12CCC(CC1=O)C2(C)C.[Ca+2].[H-].[H-]. The molecular weight excluding hydrogens is 176 g/mol. The summed E-state index contributed by atoms with van der Waals surface area (Å²) in [5.41, 5.74) is 0.307. The summed E-state index contributed by atoms with van der Waals surface area (Å²) in [6.45, 7) is 6.67. The fourth-order valence-electron chi connectivity index (χ4n) is 2.90. The molecule has 0 aromatic rings. The average Bonchev–Trinajstić information content (AvgIpc) is 2.20. The number of ketones is 1. The molecule has 0 aromatic carbocycles. The van der Waals surface area contributed by atoms with Gasteiger partial charge in [-0.2, -0.15) is 0 Å². The van der Waals surface area contributed by atoms with Gasteiger partial charge in [-0.25, -0.2) is 0 Å². The van der Waals surface area contributed by atoms with Gasteiger partial charge in [0.25, 0.3) is 0 Å². The van der Waals surface area contributed by atoms with Gasteiger partial charge in [0.05, 0.1) is 0 Å². The van der Waals surface area contributed by atoms with E-state index < -0.39 is 0 Å². The average molecular weight is 194 g/mol. The topological polar surface area (TPSA) is 17.1 Å². The first-order chi connectivity index (χ1) is 4.98. The number of carbonyl (C=O) groups excluding carboxylic acids is 1. The van der Waals surface area contributed by atoms with Crippen molar-refractivity contribution in [1.29, 1.82) is 0 Å². The summed E-state index contributed by atoms with van der Waals surface area (Å²) in [4.78, 5) is 11.6. The van der Waals surface area contributed by atoms with Crippen LogP contribution in [0.15, 0.2) is 0 Å². The van der Waals surface area contributed by atoms with Crippen LogP contribution in [-0.4, -0.2) is 43.5 Å². The molecule has 0 aliphatic heterocycles. The van der Waals surface area contributed by atoms with Gasteiger partial charge in [-0.3, -0.25) is 4.79 Å². The Labute approximate surface area is 107 Å². The number of rotatable bonds is 0. The summed E-state index contributed by atoms with van der Waals surface area (Å²) in [5.74, 6) is 1.19. The molecule has 0 heterocycles. The minimum Gasteiger partial charge on any atom is -1.00 e. The van der Waals surface area contributed by atoms with E-state index in [9.17, 15) is 4.79 Å². The van der Waals surface area contributed by atoms with Crippen LogP contribution < -0.4 is 0 Å². The molecule has 2 unspecified atom stereocenters. The second-order valence-corrected chi connectivity index (χ2v) is 4.92. The Morgan fingerprint density at radius 1 is 1.42 bits per heavy atom. The molecule has 2 aliphatic rings. The van der Waals surface area contributed by atoms with E-state index in [0.717, 1.165) is 12.8 Å². The van der Waals surface area contributed by atoms with E-state index in [4.69, 9.17) is 0 Å². The quantitative estimate of drug-likeness (QED) is 0.541. The standard InChI is InChI=1S/C10H16O.Ca.2H/c1-9(2)7-4-5-10(9,3)8(11)6-7;;;/h7H,4-6H2,1-3H3;;;/q;+2;2*-1. The second-order valence-electron chi connectivity index (χ2n) is 4.92. The van der Waals surface area contributed by atoms with Crippen LogP contribution in [0.5, 0.6) is 0 Å². The Hall–Kier alpha value is 0.930. The zero-order valence-corrected chi connectivity index (χ0v) is 10.5. The van der Waals surface area contributed by atoms with Crippen molar-refractivity contribution in [1.82, 2.24) is 0 Å². The Kier molecular flexibility index (Phi) is 2.72. The summed E-state index contributed by atoms with van der Waals surface area (Å²) in [7, 11) is 0. The third kappa shape index (κ3) is 1.06. The molecule has 2 atom stereocenters. The van der Waals surface area contributed by atoms with Gasteiger partial charge < -0.3 is 2.85 Å². The molecule has 2 heteroatoms. The van der Waals surface area contributed by atoms with Crippen LogP contribution in [0, 0.1) is 16.7 Å². The molecule has 2 rings (SSSR count). The molecule has 0 radical (unpaired) electrons. The summed E-state index contributed by atoms with van der Waals surface area (Å²) in [6.07, 6.45) is 3.25. The summed E-state index contributed by atoms with van der Waals surface area (Å²) >= 11 is 0. The molecule has 1 nitrogen and oxygen atoms in total. The van der Waals surface area contributed by atoms with Crippen LogP contribution in [0.1, 0.15) is 42.9 Å². The Morgan fingerprint density at radius 2 is 2.00 bits per heavy atom. The first-order valence-corrected chi connectivity index (χ1v) is 4.52. The maximum atomic E-state index is 11.6. The summed E-state index contributed by atoms with van der Waals surface area (Å²) in [5, 5.41) is 0. The van der Waals surface area contributed by atoms with E-state index >= 15 is 0 Å². The largest absolute Gasteiger partial charge is 2.00 e. The van der Waals surface area contributed by atoms with Crippen LogP contribution in [0.4, 0.5) is 0 Å². The summed E-state index contributed by atoms with van der Waals surface area (Å²) in [6, 6.07) is 0. The van der Waals surface area contributed by atoms with Gasteiger partial charge in [0.2, 0.25) is 0 Å². The molecule has 0 amide bonds. The fraction of sp³-hybridized carbons (Fsp3) is 0.900. The van der Waals surface area contributed by atoms with Crippen molar-refractivity contribution in [2.45, 2.75) is 40.0 Å². The minimum atomic E-state index is 0. The zero-order chi connectivity index (χ0) is 8.28. The molecule has 66 valence electrons. The Morgan fingerprint density at radius 3 is 2.17 bits per heavy atom. The predicted molar refractivity (Wildman–Crippen MR) is 52.2 cm³/mol. The zero-order valence-electron chi connectivity index (χ0n) is 10.3. The molecule has 2 fully saturated rings. The minimum absolute atomic E-state index is 0.